The Kier molecular flexibility index (Phi) is 4.43. The molecule has 1 amide bonds. The molecular weight excluding hydrogens is 212 g/mol. The summed E-state index contributed by atoms with van der Waals surface area (Å²) >= 11 is 0. The topological polar surface area (TPSA) is 32.3 Å². The Morgan fingerprint density at radius 2 is 1.76 bits per heavy atom. The lowest BCUT2D eigenvalue weighted by molar-refractivity contribution is -0.129. The molecule has 0 radical (unpaired) electrons. The van der Waals surface area contributed by atoms with E-state index in [0.29, 0.717) is 6.04 Å². The quantitative estimate of drug-likeness (QED) is 0.799. The number of hydrogen-bond donors (Lipinski definition) is 1. The van der Waals surface area contributed by atoms with Crippen molar-refractivity contribution in [3.05, 3.63) is 0 Å². The predicted molar refractivity (Wildman–Crippen MR) is 69.8 cm³/mol. The fourth-order valence-electron chi connectivity index (χ4n) is 3.23. The molecular formula is C14H26N2O. The minimum absolute atomic E-state index is 0.231. The zero-order valence-electron chi connectivity index (χ0n) is 11.2. The van der Waals surface area contributed by atoms with E-state index in [4.69, 9.17) is 0 Å². The van der Waals surface area contributed by atoms with Gasteiger partial charge < -0.3 is 10.2 Å². The fourth-order valence-corrected chi connectivity index (χ4v) is 3.23. The van der Waals surface area contributed by atoms with Crippen LogP contribution in [0, 0.1) is 5.92 Å². The average Bonchev–Trinajstić information content (AvgIpc) is 2.33. The number of carbonyl (C=O) groups excluding carboxylic acids is 1. The molecule has 0 aromatic rings. The summed E-state index contributed by atoms with van der Waals surface area (Å²) in [5.41, 5.74) is 0. The highest BCUT2D eigenvalue weighted by molar-refractivity contribution is 5.73. The first-order valence-electron chi connectivity index (χ1n) is 7.18. The summed E-state index contributed by atoms with van der Waals surface area (Å²) in [6.07, 6.45) is 7.76. The molecule has 3 nitrogen and oxygen atoms in total. The molecule has 2 aliphatic rings. The van der Waals surface area contributed by atoms with Gasteiger partial charge in [0.25, 0.3) is 0 Å². The maximum absolute atomic E-state index is 11.3. The third-order valence-corrected chi connectivity index (χ3v) is 4.50. The molecule has 0 aromatic carbocycles. The third-order valence-electron chi connectivity index (χ3n) is 4.50. The maximum atomic E-state index is 11.3. The van der Waals surface area contributed by atoms with E-state index in [1.165, 1.54) is 25.7 Å². The second kappa shape index (κ2) is 5.85. The summed E-state index contributed by atoms with van der Waals surface area (Å²) in [6.45, 7) is 5.93. The predicted octanol–water partition coefficient (Wildman–Crippen LogP) is 2.17. The van der Waals surface area contributed by atoms with Crippen LogP contribution in [-0.2, 0) is 4.79 Å². The van der Waals surface area contributed by atoms with Crippen molar-refractivity contribution in [1.29, 1.82) is 0 Å². The van der Waals surface area contributed by atoms with E-state index in [9.17, 15) is 4.79 Å². The number of likely N-dealkylation sites (tertiary alicyclic amines) is 1. The van der Waals surface area contributed by atoms with Crippen molar-refractivity contribution in [2.75, 3.05) is 13.1 Å². The number of nitrogens with one attached hydrogen (secondary N) is 1. The Balaban J connectivity index is 1.75. The molecule has 0 aromatic heterocycles. The molecule has 2 fully saturated rings. The van der Waals surface area contributed by atoms with E-state index in [2.05, 4.69) is 12.2 Å². The molecule has 17 heavy (non-hydrogen) atoms. The Morgan fingerprint density at radius 3 is 2.35 bits per heavy atom. The molecule has 1 N–H and O–H groups in total. The Labute approximate surface area is 105 Å². The van der Waals surface area contributed by atoms with E-state index in [1.807, 2.05) is 4.90 Å². The molecule has 1 saturated heterocycles. The van der Waals surface area contributed by atoms with Gasteiger partial charge in [0.15, 0.2) is 0 Å². The van der Waals surface area contributed by atoms with Crippen molar-refractivity contribution in [2.24, 2.45) is 5.92 Å². The summed E-state index contributed by atoms with van der Waals surface area (Å²) in [5, 5.41) is 3.83. The Morgan fingerprint density at radius 1 is 1.12 bits per heavy atom. The molecule has 98 valence electrons. The lowest BCUT2D eigenvalue weighted by Crippen LogP contribution is -2.49. The van der Waals surface area contributed by atoms with Crippen LogP contribution in [0.3, 0.4) is 0 Å². The van der Waals surface area contributed by atoms with E-state index < -0.39 is 0 Å². The summed E-state index contributed by atoms with van der Waals surface area (Å²) in [7, 11) is 0. The van der Waals surface area contributed by atoms with Crippen LogP contribution in [-0.4, -0.2) is 36.0 Å². The van der Waals surface area contributed by atoms with Crippen molar-refractivity contribution >= 4 is 5.91 Å². The molecule has 3 heteroatoms. The van der Waals surface area contributed by atoms with E-state index in [0.717, 1.165) is 37.9 Å². The van der Waals surface area contributed by atoms with Gasteiger partial charge in [0.1, 0.15) is 0 Å². The molecule has 2 unspecified atom stereocenters. The van der Waals surface area contributed by atoms with Crippen molar-refractivity contribution in [1.82, 2.24) is 10.2 Å². The molecule has 1 aliphatic heterocycles. The minimum atomic E-state index is 0.231. The lowest BCUT2D eigenvalue weighted by Gasteiger charge is -2.37. The molecule has 0 bridgehead atoms. The van der Waals surface area contributed by atoms with Gasteiger partial charge in [-0.2, -0.15) is 0 Å². The fraction of sp³-hybridized carbons (Fsp3) is 0.929. The molecule has 2 atom stereocenters. The van der Waals surface area contributed by atoms with Gasteiger partial charge >= 0.3 is 0 Å². The first-order chi connectivity index (χ1) is 8.16. The number of rotatable bonds is 2. The van der Waals surface area contributed by atoms with Crippen LogP contribution in [0.15, 0.2) is 0 Å². The van der Waals surface area contributed by atoms with Gasteiger partial charge in [-0.1, -0.05) is 19.8 Å². The van der Waals surface area contributed by atoms with Crippen LogP contribution in [0.2, 0.25) is 0 Å². The van der Waals surface area contributed by atoms with Gasteiger partial charge in [0.2, 0.25) is 5.91 Å². The molecule has 1 heterocycles. The van der Waals surface area contributed by atoms with Gasteiger partial charge in [-0.05, 0) is 31.6 Å². The second-order valence-corrected chi connectivity index (χ2v) is 5.82. The van der Waals surface area contributed by atoms with Crippen LogP contribution < -0.4 is 5.32 Å². The standard InChI is InChI=1S/C14H26N2O/c1-11-5-3-4-6-14(11)15-13-7-9-16(10-8-13)12(2)17/h11,13-15H,3-10H2,1-2H3. The van der Waals surface area contributed by atoms with Crippen molar-refractivity contribution < 1.29 is 4.79 Å². The number of piperidine rings is 1. The van der Waals surface area contributed by atoms with Crippen molar-refractivity contribution in [3.63, 3.8) is 0 Å². The van der Waals surface area contributed by atoms with Gasteiger partial charge in [-0.25, -0.2) is 0 Å². The molecule has 1 aliphatic carbocycles. The first-order valence-corrected chi connectivity index (χ1v) is 7.18. The number of amides is 1. The summed E-state index contributed by atoms with van der Waals surface area (Å²) < 4.78 is 0. The summed E-state index contributed by atoms with van der Waals surface area (Å²) in [4.78, 5) is 13.2. The molecule has 2 rings (SSSR count). The van der Waals surface area contributed by atoms with Crippen LogP contribution >= 0.6 is 0 Å². The lowest BCUT2D eigenvalue weighted by atomic mass is 9.85. The van der Waals surface area contributed by atoms with Crippen molar-refractivity contribution in [3.8, 4) is 0 Å². The SMILES string of the molecule is CC(=O)N1CCC(NC2CCCCC2C)CC1. The third kappa shape index (κ3) is 3.44. The average molecular weight is 238 g/mol. The van der Waals surface area contributed by atoms with E-state index >= 15 is 0 Å². The smallest absolute Gasteiger partial charge is 0.219 e. The zero-order valence-corrected chi connectivity index (χ0v) is 11.2. The van der Waals surface area contributed by atoms with Gasteiger partial charge in [-0.15, -0.1) is 0 Å². The summed E-state index contributed by atoms with van der Waals surface area (Å²) in [5.74, 6) is 1.06. The molecule has 0 spiro atoms. The van der Waals surface area contributed by atoms with Crippen LogP contribution in [0.5, 0.6) is 0 Å². The highest BCUT2D eigenvalue weighted by atomic mass is 16.2. The summed E-state index contributed by atoms with van der Waals surface area (Å²) in [6, 6.07) is 1.36. The number of carbonyl (C=O) groups is 1. The Bertz CT molecular complexity index is 259. The van der Waals surface area contributed by atoms with Crippen molar-refractivity contribution in [2.45, 2.75) is 64.5 Å². The van der Waals surface area contributed by atoms with E-state index in [1.54, 1.807) is 6.92 Å². The van der Waals surface area contributed by atoms with E-state index in [-0.39, 0.29) is 5.91 Å². The zero-order chi connectivity index (χ0) is 12.3. The van der Waals surface area contributed by atoms with Crippen LogP contribution in [0.25, 0.3) is 0 Å². The second-order valence-electron chi connectivity index (χ2n) is 5.82. The Hall–Kier alpha value is -0.570. The first kappa shape index (κ1) is 12.9. The van der Waals surface area contributed by atoms with Gasteiger partial charge in [0, 0.05) is 32.1 Å². The highest BCUT2D eigenvalue weighted by Crippen LogP contribution is 2.25. The number of hydrogen-bond acceptors (Lipinski definition) is 2. The maximum Gasteiger partial charge on any atom is 0.219 e. The van der Waals surface area contributed by atoms with Crippen LogP contribution in [0.4, 0.5) is 0 Å². The van der Waals surface area contributed by atoms with Gasteiger partial charge in [0.05, 0.1) is 0 Å². The molecule has 1 saturated carbocycles. The van der Waals surface area contributed by atoms with Gasteiger partial charge in [-0.3, -0.25) is 4.79 Å². The van der Waals surface area contributed by atoms with Crippen LogP contribution in [0.1, 0.15) is 52.4 Å². The minimum Gasteiger partial charge on any atom is -0.343 e. The monoisotopic (exact) mass is 238 g/mol. The normalized spacial score (nSPS) is 31.5. The highest BCUT2D eigenvalue weighted by Gasteiger charge is 2.26. The number of nitrogens with zero attached hydrogens (tertiary/aromatic N) is 1. The largest absolute Gasteiger partial charge is 0.343 e.